The number of nitrogens with zero attached hydrogens (tertiary/aromatic N) is 1. The fraction of sp³-hybridized carbons (Fsp3) is 0.474. The summed E-state index contributed by atoms with van der Waals surface area (Å²) in [5.41, 5.74) is 3.61. The number of ether oxygens (including phenoxy) is 4. The summed E-state index contributed by atoms with van der Waals surface area (Å²) in [4.78, 5) is 12.5. The molecule has 0 saturated heterocycles. The molecule has 0 radical (unpaired) electrons. The lowest BCUT2D eigenvalue weighted by Gasteiger charge is -2.41. The first-order valence-electron chi connectivity index (χ1n) is 16.0. The molecule has 0 aromatic heterocycles. The lowest BCUT2D eigenvalue weighted by molar-refractivity contribution is -0.151. The van der Waals surface area contributed by atoms with Gasteiger partial charge >= 0.3 is 5.97 Å². The van der Waals surface area contributed by atoms with Gasteiger partial charge in [-0.25, -0.2) is 0 Å². The fourth-order valence-corrected chi connectivity index (χ4v) is 7.00. The molecule has 1 N–H and O–H groups in total. The molecule has 3 aromatic carbocycles. The number of hydrogen-bond acceptors (Lipinski definition) is 6. The van der Waals surface area contributed by atoms with E-state index in [0.29, 0.717) is 43.6 Å². The topological polar surface area (TPSA) is 98.0 Å². The smallest absolute Gasteiger partial charge is 0.309 e. The monoisotopic (exact) mass is 691 g/mol. The van der Waals surface area contributed by atoms with Crippen LogP contribution in [0, 0.1) is 30.6 Å². The number of carbonyl (C=O) groups is 1. The van der Waals surface area contributed by atoms with E-state index in [1.807, 2.05) is 56.3 Å². The van der Waals surface area contributed by atoms with Crippen molar-refractivity contribution in [1.82, 2.24) is 0 Å². The predicted octanol–water partition coefficient (Wildman–Crippen LogP) is 8.88. The minimum Gasteiger partial charge on any atom is -0.496 e. The van der Waals surface area contributed by atoms with Crippen LogP contribution in [0.1, 0.15) is 79.2 Å². The van der Waals surface area contributed by atoms with Crippen molar-refractivity contribution >= 4 is 21.9 Å². The lowest BCUT2D eigenvalue weighted by atomic mass is 9.60. The van der Waals surface area contributed by atoms with Gasteiger partial charge in [-0.3, -0.25) is 4.79 Å². The molecule has 2 aliphatic rings. The van der Waals surface area contributed by atoms with E-state index >= 15 is 0 Å². The molecule has 46 heavy (non-hydrogen) atoms. The van der Waals surface area contributed by atoms with Gasteiger partial charge < -0.3 is 24.1 Å². The summed E-state index contributed by atoms with van der Waals surface area (Å²) in [6, 6.07) is 20.4. The van der Waals surface area contributed by atoms with Crippen LogP contribution in [0.2, 0.25) is 0 Å². The molecule has 0 heterocycles. The Balaban J connectivity index is 0.000000369. The summed E-state index contributed by atoms with van der Waals surface area (Å²) in [5.74, 6) is 2.26. The van der Waals surface area contributed by atoms with Gasteiger partial charge in [0.25, 0.3) is 0 Å². The highest BCUT2D eigenvalue weighted by molar-refractivity contribution is 9.08. The third-order valence-corrected chi connectivity index (χ3v) is 10.3. The molecular formula is C38H46BrNO6. The van der Waals surface area contributed by atoms with Crippen molar-refractivity contribution in [2.75, 3.05) is 21.3 Å². The molecule has 7 nitrogen and oxygen atoms in total. The van der Waals surface area contributed by atoms with E-state index in [2.05, 4.69) is 34.1 Å². The van der Waals surface area contributed by atoms with E-state index in [1.165, 1.54) is 24.0 Å². The Hall–Kier alpha value is -3.70. The molecule has 8 heteroatoms. The molecule has 246 valence electrons. The summed E-state index contributed by atoms with van der Waals surface area (Å²) in [7, 11) is 4.94. The molecule has 2 saturated carbocycles. The summed E-state index contributed by atoms with van der Waals surface area (Å²) >= 11 is 3.39. The number of aliphatic carboxylic acids is 1. The number of methoxy groups -OCH3 is 3. The van der Waals surface area contributed by atoms with Crippen molar-refractivity contribution in [1.29, 1.82) is 5.26 Å². The van der Waals surface area contributed by atoms with E-state index < -0.39 is 16.8 Å². The van der Waals surface area contributed by atoms with Gasteiger partial charge in [0, 0.05) is 5.33 Å². The van der Waals surface area contributed by atoms with Gasteiger partial charge in [-0.05, 0) is 124 Å². The SMILES string of the molecule is COc1cc(CBr)ccc1C.COc1cc(CC2(C(=O)O)CCC(C#N)(c3ccc(OC)c(OC4CCCC4)c3)CC2)ccc1C. The Morgan fingerprint density at radius 2 is 1.39 bits per heavy atom. The average molecular weight is 693 g/mol. The van der Waals surface area contributed by atoms with Crippen LogP contribution in [0.15, 0.2) is 54.6 Å². The number of carboxylic acid groups (broad SMARTS) is 1. The van der Waals surface area contributed by atoms with Crippen molar-refractivity contribution in [3.05, 3.63) is 82.4 Å². The first kappa shape index (κ1) is 35.2. The fourth-order valence-electron chi connectivity index (χ4n) is 6.65. The Morgan fingerprint density at radius 3 is 1.91 bits per heavy atom. The average Bonchev–Trinajstić information content (AvgIpc) is 3.59. The van der Waals surface area contributed by atoms with Crippen molar-refractivity contribution in [2.45, 2.75) is 88.5 Å². The van der Waals surface area contributed by atoms with Crippen LogP contribution in [-0.2, 0) is 22.0 Å². The third kappa shape index (κ3) is 7.98. The van der Waals surface area contributed by atoms with Crippen LogP contribution in [0.25, 0.3) is 0 Å². The second-order valence-electron chi connectivity index (χ2n) is 12.6. The first-order chi connectivity index (χ1) is 22.1. The summed E-state index contributed by atoms with van der Waals surface area (Å²) in [6.07, 6.45) is 6.80. The second kappa shape index (κ2) is 15.7. The number of nitriles is 1. The minimum atomic E-state index is -0.906. The van der Waals surface area contributed by atoms with Crippen molar-refractivity contribution < 1.29 is 28.8 Å². The van der Waals surface area contributed by atoms with Crippen LogP contribution < -0.4 is 18.9 Å². The number of carboxylic acids is 1. The number of alkyl halides is 1. The zero-order valence-electron chi connectivity index (χ0n) is 27.7. The van der Waals surface area contributed by atoms with Crippen LogP contribution >= 0.6 is 15.9 Å². The maximum Gasteiger partial charge on any atom is 0.309 e. The highest BCUT2D eigenvalue weighted by Gasteiger charge is 2.48. The van der Waals surface area contributed by atoms with E-state index in [4.69, 9.17) is 18.9 Å². The van der Waals surface area contributed by atoms with Crippen molar-refractivity contribution in [2.24, 2.45) is 5.41 Å². The van der Waals surface area contributed by atoms with Crippen molar-refractivity contribution in [3.63, 3.8) is 0 Å². The van der Waals surface area contributed by atoms with Gasteiger partial charge in [-0.1, -0.05) is 46.3 Å². The van der Waals surface area contributed by atoms with Gasteiger partial charge in [0.05, 0.1) is 44.3 Å². The van der Waals surface area contributed by atoms with Gasteiger partial charge in [-0.2, -0.15) is 5.26 Å². The van der Waals surface area contributed by atoms with Crippen LogP contribution in [0.3, 0.4) is 0 Å². The molecule has 0 spiro atoms. The largest absolute Gasteiger partial charge is 0.496 e. The van der Waals surface area contributed by atoms with Gasteiger partial charge in [0.15, 0.2) is 11.5 Å². The lowest BCUT2D eigenvalue weighted by Crippen LogP contribution is -2.42. The third-order valence-electron chi connectivity index (χ3n) is 9.68. The van der Waals surface area contributed by atoms with Gasteiger partial charge in [0.2, 0.25) is 0 Å². The highest BCUT2D eigenvalue weighted by Crippen LogP contribution is 2.50. The van der Waals surface area contributed by atoms with Gasteiger partial charge in [-0.15, -0.1) is 0 Å². The van der Waals surface area contributed by atoms with Crippen LogP contribution in [0.5, 0.6) is 23.0 Å². The Labute approximate surface area is 282 Å². The summed E-state index contributed by atoms with van der Waals surface area (Å²) < 4.78 is 22.4. The standard InChI is InChI=1S/C29H35NO5.C9H11BrO/c1-20-8-9-21(16-25(20)34-3)18-28(27(31)32)12-14-29(19-30,15-13-28)22-10-11-24(33-2)26(17-22)35-23-6-4-5-7-23;1-7-3-4-8(6-10)5-9(7)11-2/h8-11,16-17,23H,4-7,12-15,18H2,1-3H3,(H,31,32);3-5H,6H2,1-2H3. The summed E-state index contributed by atoms with van der Waals surface area (Å²) in [5, 5.41) is 21.5. The molecule has 0 unspecified atom stereocenters. The number of hydrogen-bond donors (Lipinski definition) is 1. The molecule has 0 aliphatic heterocycles. The van der Waals surface area contributed by atoms with Gasteiger partial charge in [0.1, 0.15) is 11.5 Å². The molecule has 0 amide bonds. The van der Waals surface area contributed by atoms with E-state index in [-0.39, 0.29) is 6.10 Å². The zero-order valence-corrected chi connectivity index (χ0v) is 29.2. The van der Waals surface area contributed by atoms with Crippen LogP contribution in [0.4, 0.5) is 0 Å². The Bertz CT molecular complexity index is 1530. The summed E-state index contributed by atoms with van der Waals surface area (Å²) in [6.45, 7) is 4.01. The van der Waals surface area contributed by atoms with E-state index in [9.17, 15) is 15.2 Å². The normalized spacial score (nSPS) is 21.0. The quantitative estimate of drug-likeness (QED) is 0.212. The number of benzene rings is 3. The molecule has 0 bridgehead atoms. The molecule has 2 aliphatic carbocycles. The molecular weight excluding hydrogens is 646 g/mol. The molecule has 2 fully saturated rings. The first-order valence-corrected chi connectivity index (χ1v) is 17.1. The predicted molar refractivity (Wildman–Crippen MR) is 184 cm³/mol. The molecule has 3 aromatic rings. The second-order valence-corrected chi connectivity index (χ2v) is 13.1. The number of rotatable bonds is 10. The molecule has 0 atom stereocenters. The minimum absolute atomic E-state index is 0.176. The number of aryl methyl sites for hydroxylation is 2. The Kier molecular flexibility index (Phi) is 12.0. The van der Waals surface area contributed by atoms with Crippen molar-refractivity contribution in [3.8, 4) is 29.1 Å². The van der Waals surface area contributed by atoms with Crippen LogP contribution in [-0.4, -0.2) is 38.5 Å². The van der Waals surface area contributed by atoms with E-state index in [0.717, 1.165) is 46.4 Å². The van der Waals surface area contributed by atoms with E-state index in [1.54, 1.807) is 21.3 Å². The number of halogens is 1. The maximum absolute atomic E-state index is 12.5. The Morgan fingerprint density at radius 1 is 0.826 bits per heavy atom. The maximum atomic E-state index is 12.5. The highest BCUT2D eigenvalue weighted by atomic mass is 79.9. The zero-order chi connectivity index (χ0) is 33.3. The molecule has 5 rings (SSSR count).